The monoisotopic (exact) mass is 411 g/mol. The normalized spacial score (nSPS) is 15.3. The zero-order valence-corrected chi connectivity index (χ0v) is 17.4. The molecule has 8 nitrogen and oxygen atoms in total. The fourth-order valence-corrected chi connectivity index (χ4v) is 4.55. The summed E-state index contributed by atoms with van der Waals surface area (Å²) in [5, 5.41) is 15.5. The van der Waals surface area contributed by atoms with Crippen LogP contribution in [-0.2, 0) is 10.2 Å². The van der Waals surface area contributed by atoms with Gasteiger partial charge in [-0.3, -0.25) is 15.0 Å². The number of fused-ring (bicyclic) bond motifs is 3. The first-order chi connectivity index (χ1) is 15.0. The van der Waals surface area contributed by atoms with Crippen molar-refractivity contribution in [2.45, 2.75) is 26.2 Å². The van der Waals surface area contributed by atoms with Crippen molar-refractivity contribution in [2.75, 3.05) is 11.4 Å². The third kappa shape index (κ3) is 2.41. The number of rotatable bonds is 3. The number of nitrogens with zero attached hydrogens (tertiary/aromatic N) is 4. The van der Waals surface area contributed by atoms with Gasteiger partial charge < -0.3 is 9.88 Å². The molecule has 3 aromatic heterocycles. The van der Waals surface area contributed by atoms with Gasteiger partial charge in [0.1, 0.15) is 5.69 Å². The lowest BCUT2D eigenvalue weighted by Gasteiger charge is -2.18. The molecule has 0 saturated carbocycles. The molecule has 4 heterocycles. The van der Waals surface area contributed by atoms with E-state index in [1.807, 2.05) is 50.1 Å². The number of nitrogens with one attached hydrogen (secondary N) is 3. The van der Waals surface area contributed by atoms with Crippen LogP contribution in [0.25, 0.3) is 44.6 Å². The Morgan fingerprint density at radius 2 is 1.97 bits per heavy atom. The summed E-state index contributed by atoms with van der Waals surface area (Å²) in [6.07, 6.45) is 3.66. The Morgan fingerprint density at radius 1 is 1.10 bits per heavy atom. The topological polar surface area (TPSA) is 106 Å². The molecule has 0 fully saturated rings. The number of likely N-dealkylation sites (N-methyl/N-ethyl adjacent to an activating group) is 1. The van der Waals surface area contributed by atoms with E-state index >= 15 is 0 Å². The predicted molar refractivity (Wildman–Crippen MR) is 120 cm³/mol. The Balaban J connectivity index is 1.47. The number of hydrogen-bond donors (Lipinski definition) is 3. The quantitative estimate of drug-likeness (QED) is 0.415. The van der Waals surface area contributed by atoms with Crippen LogP contribution in [0.5, 0.6) is 0 Å². The molecule has 0 aliphatic carbocycles. The van der Waals surface area contributed by atoms with Gasteiger partial charge in [-0.25, -0.2) is 4.98 Å². The number of anilines is 1. The average molecular weight is 411 g/mol. The van der Waals surface area contributed by atoms with Gasteiger partial charge in [-0.05, 0) is 56.2 Å². The Labute approximate surface area is 177 Å². The van der Waals surface area contributed by atoms with E-state index in [1.165, 1.54) is 0 Å². The van der Waals surface area contributed by atoms with Crippen molar-refractivity contribution in [3.05, 3.63) is 48.3 Å². The number of amides is 1. The van der Waals surface area contributed by atoms with Crippen molar-refractivity contribution < 1.29 is 4.79 Å². The van der Waals surface area contributed by atoms with Crippen molar-refractivity contribution in [1.29, 1.82) is 0 Å². The highest BCUT2D eigenvalue weighted by atomic mass is 16.2. The summed E-state index contributed by atoms with van der Waals surface area (Å²) in [5.74, 6) is 0.831. The Morgan fingerprint density at radius 3 is 2.74 bits per heavy atom. The van der Waals surface area contributed by atoms with Gasteiger partial charge in [0.05, 0.1) is 33.8 Å². The fourth-order valence-electron chi connectivity index (χ4n) is 4.55. The highest BCUT2D eigenvalue weighted by Crippen LogP contribution is 2.43. The first-order valence-electron chi connectivity index (χ1n) is 10.3. The minimum absolute atomic E-state index is 0.129. The number of aromatic nitrogens is 6. The molecule has 1 aliphatic rings. The van der Waals surface area contributed by atoms with Gasteiger partial charge in [0.2, 0.25) is 5.91 Å². The molecule has 31 heavy (non-hydrogen) atoms. The molecular weight excluding hydrogens is 390 g/mol. The van der Waals surface area contributed by atoms with Crippen LogP contribution >= 0.6 is 0 Å². The third-order valence-electron chi connectivity index (χ3n) is 6.28. The van der Waals surface area contributed by atoms with Crippen LogP contribution < -0.4 is 4.90 Å². The highest BCUT2D eigenvalue weighted by molar-refractivity contribution is 6.09. The Hall–Kier alpha value is -3.94. The number of benzene rings is 2. The van der Waals surface area contributed by atoms with Crippen molar-refractivity contribution in [1.82, 2.24) is 30.4 Å². The minimum atomic E-state index is -0.554. The van der Waals surface area contributed by atoms with Gasteiger partial charge in [-0.2, -0.15) is 10.2 Å². The highest BCUT2D eigenvalue weighted by Gasteiger charge is 2.43. The third-order valence-corrected chi connectivity index (χ3v) is 6.28. The molecule has 6 rings (SSSR count). The molecule has 154 valence electrons. The maximum atomic E-state index is 12.8. The molecule has 1 amide bonds. The van der Waals surface area contributed by atoms with Crippen molar-refractivity contribution in [3.63, 3.8) is 0 Å². The Bertz CT molecular complexity index is 1470. The van der Waals surface area contributed by atoms with Crippen LogP contribution in [0.2, 0.25) is 0 Å². The summed E-state index contributed by atoms with van der Waals surface area (Å²) in [7, 11) is 0. The molecular formula is C23H21N7O. The maximum absolute atomic E-state index is 12.8. The zero-order valence-electron chi connectivity index (χ0n) is 17.4. The largest absolute Gasteiger partial charge is 0.337 e. The lowest BCUT2D eigenvalue weighted by molar-refractivity contribution is -0.122. The standard InChI is InChI=1S/C23H21N7O/c1-4-30-19-9-18-17(8-15(19)23(2,3)22(30)31)26-21(27-18)20-14-6-5-12(7-16(14)28-29-20)13-10-24-25-11-13/h5-11H,4H2,1-3H3,(H,24,25)(H,26,27)(H,28,29). The Kier molecular flexibility index (Phi) is 3.48. The number of carbonyl (C=O) groups is 1. The van der Waals surface area contributed by atoms with Crippen LogP contribution in [0.15, 0.2) is 42.7 Å². The summed E-state index contributed by atoms with van der Waals surface area (Å²) in [6, 6.07) is 10.2. The first-order valence-corrected chi connectivity index (χ1v) is 10.3. The van der Waals surface area contributed by atoms with Gasteiger partial charge in [0.15, 0.2) is 5.82 Å². The van der Waals surface area contributed by atoms with Crippen LogP contribution in [0.1, 0.15) is 26.3 Å². The predicted octanol–water partition coefficient (Wildman–Crippen LogP) is 4.14. The van der Waals surface area contributed by atoms with E-state index in [4.69, 9.17) is 4.98 Å². The van der Waals surface area contributed by atoms with E-state index in [2.05, 4.69) is 37.5 Å². The molecule has 5 aromatic rings. The van der Waals surface area contributed by atoms with Crippen LogP contribution in [-0.4, -0.2) is 42.8 Å². The molecule has 3 N–H and O–H groups in total. The lowest BCUT2D eigenvalue weighted by atomic mass is 9.86. The fraction of sp³-hybridized carbons (Fsp3) is 0.217. The number of imidazole rings is 1. The van der Waals surface area contributed by atoms with E-state index in [0.717, 1.165) is 50.0 Å². The van der Waals surface area contributed by atoms with E-state index in [1.54, 1.807) is 6.20 Å². The van der Waals surface area contributed by atoms with E-state index in [0.29, 0.717) is 12.4 Å². The van der Waals surface area contributed by atoms with Crippen molar-refractivity contribution in [2.24, 2.45) is 0 Å². The second-order valence-corrected chi connectivity index (χ2v) is 8.47. The van der Waals surface area contributed by atoms with Crippen LogP contribution in [0, 0.1) is 0 Å². The molecule has 8 heteroatoms. The van der Waals surface area contributed by atoms with E-state index < -0.39 is 5.41 Å². The molecule has 0 bridgehead atoms. The van der Waals surface area contributed by atoms with E-state index in [-0.39, 0.29) is 5.91 Å². The summed E-state index contributed by atoms with van der Waals surface area (Å²) in [4.78, 5) is 22.9. The summed E-state index contributed by atoms with van der Waals surface area (Å²) in [6.45, 7) is 6.59. The maximum Gasteiger partial charge on any atom is 0.237 e. The molecule has 0 saturated heterocycles. The molecule has 2 aromatic carbocycles. The number of H-pyrrole nitrogens is 3. The number of hydrogen-bond acceptors (Lipinski definition) is 4. The molecule has 0 spiro atoms. The SMILES string of the molecule is CCN1C(=O)C(C)(C)c2cc3nc(-c4n[nH]c5cc(-c6cn[nH]c6)ccc45)[nH]c3cc21. The summed E-state index contributed by atoms with van der Waals surface area (Å²) >= 11 is 0. The smallest absolute Gasteiger partial charge is 0.237 e. The average Bonchev–Trinajstić information content (AvgIpc) is 3.52. The lowest BCUT2D eigenvalue weighted by Crippen LogP contribution is -2.35. The van der Waals surface area contributed by atoms with Gasteiger partial charge in [-0.15, -0.1) is 0 Å². The van der Waals surface area contributed by atoms with Crippen LogP contribution in [0.4, 0.5) is 5.69 Å². The van der Waals surface area contributed by atoms with Gasteiger partial charge >= 0.3 is 0 Å². The van der Waals surface area contributed by atoms with Gasteiger partial charge in [-0.1, -0.05) is 6.07 Å². The second-order valence-electron chi connectivity index (χ2n) is 8.47. The number of carbonyl (C=O) groups excluding carboxylic acids is 1. The number of aromatic amines is 3. The molecule has 1 aliphatic heterocycles. The molecule has 0 unspecified atom stereocenters. The van der Waals surface area contributed by atoms with Crippen LogP contribution in [0.3, 0.4) is 0 Å². The molecule has 0 atom stereocenters. The summed E-state index contributed by atoms with van der Waals surface area (Å²) < 4.78 is 0. The van der Waals surface area contributed by atoms with Crippen molar-refractivity contribution in [3.8, 4) is 22.6 Å². The van der Waals surface area contributed by atoms with Gasteiger partial charge in [0, 0.05) is 23.7 Å². The minimum Gasteiger partial charge on any atom is -0.337 e. The van der Waals surface area contributed by atoms with Crippen molar-refractivity contribution >= 4 is 33.5 Å². The van der Waals surface area contributed by atoms with E-state index in [9.17, 15) is 4.79 Å². The summed E-state index contributed by atoms with van der Waals surface area (Å²) in [5.41, 5.74) is 6.92. The van der Waals surface area contributed by atoms with Gasteiger partial charge in [0.25, 0.3) is 0 Å². The molecule has 0 radical (unpaired) electrons. The zero-order chi connectivity index (χ0) is 21.3. The first kappa shape index (κ1) is 17.9. The second kappa shape index (κ2) is 6.04.